The molecule has 0 aromatic heterocycles. The lowest BCUT2D eigenvalue weighted by atomic mass is 10.1. The molecule has 1 amide bonds. The van der Waals surface area contributed by atoms with E-state index in [1.165, 1.54) is 5.56 Å². The van der Waals surface area contributed by atoms with Crippen molar-refractivity contribution >= 4 is 35.0 Å². The SMILES string of the molecule is CC(C)CCNC(=S)NNC(=O)CSCc1ccccc1. The third-order valence-corrected chi connectivity index (χ3v) is 3.92. The molecule has 21 heavy (non-hydrogen) atoms. The van der Waals surface area contributed by atoms with E-state index in [1.54, 1.807) is 11.8 Å². The van der Waals surface area contributed by atoms with Crippen LogP contribution in [0.3, 0.4) is 0 Å². The van der Waals surface area contributed by atoms with Gasteiger partial charge in [-0.1, -0.05) is 44.2 Å². The Morgan fingerprint density at radius 1 is 1.24 bits per heavy atom. The van der Waals surface area contributed by atoms with Gasteiger partial charge in [-0.15, -0.1) is 11.8 Å². The molecule has 3 N–H and O–H groups in total. The van der Waals surface area contributed by atoms with E-state index in [4.69, 9.17) is 12.2 Å². The molecule has 0 fully saturated rings. The standard InChI is InChI=1S/C15H23N3OS2/c1-12(2)8-9-16-15(20)18-17-14(19)11-21-10-13-6-4-3-5-7-13/h3-7,12H,8-11H2,1-2H3,(H,17,19)(H2,16,18,20). The lowest BCUT2D eigenvalue weighted by molar-refractivity contribution is -0.119. The number of thioether (sulfide) groups is 1. The van der Waals surface area contributed by atoms with Gasteiger partial charge in [0.25, 0.3) is 0 Å². The largest absolute Gasteiger partial charge is 0.361 e. The molecular weight excluding hydrogens is 302 g/mol. The maximum Gasteiger partial charge on any atom is 0.248 e. The van der Waals surface area contributed by atoms with Crippen molar-refractivity contribution in [2.45, 2.75) is 26.0 Å². The fourth-order valence-electron chi connectivity index (χ4n) is 1.52. The van der Waals surface area contributed by atoms with Crippen molar-refractivity contribution in [1.29, 1.82) is 0 Å². The first-order valence-electron chi connectivity index (χ1n) is 7.02. The van der Waals surface area contributed by atoms with Crippen molar-refractivity contribution in [3.05, 3.63) is 35.9 Å². The van der Waals surface area contributed by atoms with Crippen molar-refractivity contribution in [1.82, 2.24) is 16.2 Å². The van der Waals surface area contributed by atoms with Crippen LogP contribution in [0.15, 0.2) is 30.3 Å². The van der Waals surface area contributed by atoms with Gasteiger partial charge < -0.3 is 5.32 Å². The quantitative estimate of drug-likeness (QED) is 0.531. The highest BCUT2D eigenvalue weighted by atomic mass is 32.2. The molecule has 1 rings (SSSR count). The third-order valence-electron chi connectivity index (χ3n) is 2.67. The van der Waals surface area contributed by atoms with E-state index in [2.05, 4.69) is 42.1 Å². The van der Waals surface area contributed by atoms with E-state index in [1.807, 2.05) is 18.2 Å². The van der Waals surface area contributed by atoms with E-state index in [-0.39, 0.29) is 5.91 Å². The fraction of sp³-hybridized carbons (Fsp3) is 0.467. The van der Waals surface area contributed by atoms with Crippen LogP contribution in [0.2, 0.25) is 0 Å². The van der Waals surface area contributed by atoms with Crippen LogP contribution in [0, 0.1) is 5.92 Å². The lowest BCUT2D eigenvalue weighted by Crippen LogP contribution is -2.47. The Hall–Kier alpha value is -1.27. The van der Waals surface area contributed by atoms with Gasteiger partial charge in [0.2, 0.25) is 5.91 Å². The fourth-order valence-corrected chi connectivity index (χ4v) is 2.46. The van der Waals surface area contributed by atoms with Crippen LogP contribution in [0.4, 0.5) is 0 Å². The van der Waals surface area contributed by atoms with Gasteiger partial charge >= 0.3 is 0 Å². The lowest BCUT2D eigenvalue weighted by Gasteiger charge is -2.12. The second-order valence-electron chi connectivity index (χ2n) is 5.09. The van der Waals surface area contributed by atoms with Crippen molar-refractivity contribution in [3.8, 4) is 0 Å². The van der Waals surface area contributed by atoms with Crippen LogP contribution in [0.25, 0.3) is 0 Å². The number of carbonyl (C=O) groups is 1. The van der Waals surface area contributed by atoms with Crippen molar-refractivity contribution < 1.29 is 4.79 Å². The highest BCUT2D eigenvalue weighted by molar-refractivity contribution is 7.99. The summed E-state index contributed by atoms with van der Waals surface area (Å²) in [5.41, 5.74) is 6.52. The van der Waals surface area contributed by atoms with Crippen LogP contribution in [-0.2, 0) is 10.5 Å². The van der Waals surface area contributed by atoms with Crippen LogP contribution in [-0.4, -0.2) is 23.3 Å². The molecule has 4 nitrogen and oxygen atoms in total. The Morgan fingerprint density at radius 2 is 1.95 bits per heavy atom. The normalized spacial score (nSPS) is 10.2. The molecule has 116 valence electrons. The van der Waals surface area contributed by atoms with E-state index >= 15 is 0 Å². The highest BCUT2D eigenvalue weighted by Gasteiger charge is 2.03. The Bertz CT molecular complexity index is 438. The minimum absolute atomic E-state index is 0.0797. The summed E-state index contributed by atoms with van der Waals surface area (Å²) < 4.78 is 0. The number of benzene rings is 1. The Morgan fingerprint density at radius 3 is 2.62 bits per heavy atom. The Kier molecular flexibility index (Phi) is 8.85. The molecule has 6 heteroatoms. The van der Waals surface area contributed by atoms with Gasteiger partial charge in [0.05, 0.1) is 5.75 Å². The summed E-state index contributed by atoms with van der Waals surface area (Å²) in [6, 6.07) is 10.1. The van der Waals surface area contributed by atoms with E-state index in [0.717, 1.165) is 18.7 Å². The molecule has 0 spiro atoms. The molecule has 0 saturated carbocycles. The zero-order chi connectivity index (χ0) is 15.5. The van der Waals surface area contributed by atoms with E-state index in [9.17, 15) is 4.79 Å². The number of hydrogen-bond acceptors (Lipinski definition) is 3. The first kappa shape index (κ1) is 17.8. The molecule has 0 aliphatic heterocycles. The third kappa shape index (κ3) is 9.31. The minimum Gasteiger partial charge on any atom is -0.361 e. The number of nitrogens with one attached hydrogen (secondary N) is 3. The van der Waals surface area contributed by atoms with E-state index < -0.39 is 0 Å². The minimum atomic E-state index is -0.0797. The summed E-state index contributed by atoms with van der Waals surface area (Å²) in [6.45, 7) is 5.12. The average molecular weight is 326 g/mol. The predicted molar refractivity (Wildman–Crippen MR) is 93.9 cm³/mol. The summed E-state index contributed by atoms with van der Waals surface area (Å²) in [6.07, 6.45) is 1.04. The van der Waals surface area contributed by atoms with Gasteiger partial charge in [-0.05, 0) is 30.1 Å². The number of hydrogen-bond donors (Lipinski definition) is 3. The van der Waals surface area contributed by atoms with Gasteiger partial charge in [0.1, 0.15) is 0 Å². The van der Waals surface area contributed by atoms with Gasteiger partial charge in [0, 0.05) is 12.3 Å². The number of rotatable bonds is 7. The second kappa shape index (κ2) is 10.5. The maximum absolute atomic E-state index is 11.6. The summed E-state index contributed by atoms with van der Waals surface area (Å²) in [7, 11) is 0. The molecule has 0 heterocycles. The molecule has 0 bridgehead atoms. The molecular formula is C15H23N3OS2. The molecule has 0 radical (unpaired) electrons. The van der Waals surface area contributed by atoms with Gasteiger partial charge in [-0.3, -0.25) is 15.6 Å². The van der Waals surface area contributed by atoms with Crippen LogP contribution < -0.4 is 16.2 Å². The van der Waals surface area contributed by atoms with Gasteiger partial charge in [-0.2, -0.15) is 0 Å². The average Bonchev–Trinajstić information content (AvgIpc) is 2.46. The molecule has 0 unspecified atom stereocenters. The molecule has 1 aromatic carbocycles. The number of hydrazine groups is 1. The van der Waals surface area contributed by atoms with Crippen LogP contribution in [0.5, 0.6) is 0 Å². The number of thiocarbonyl (C=S) groups is 1. The molecule has 0 saturated heterocycles. The zero-order valence-corrected chi connectivity index (χ0v) is 14.2. The predicted octanol–water partition coefficient (Wildman–Crippen LogP) is 2.46. The molecule has 0 atom stereocenters. The van der Waals surface area contributed by atoms with E-state index in [0.29, 0.717) is 16.8 Å². The summed E-state index contributed by atoms with van der Waals surface area (Å²) in [5, 5.41) is 3.51. The topological polar surface area (TPSA) is 53.2 Å². The van der Waals surface area contributed by atoms with Crippen LogP contribution >= 0.6 is 24.0 Å². The van der Waals surface area contributed by atoms with Gasteiger partial charge in [-0.25, -0.2) is 0 Å². The zero-order valence-electron chi connectivity index (χ0n) is 12.5. The first-order valence-corrected chi connectivity index (χ1v) is 8.58. The maximum atomic E-state index is 11.6. The summed E-state index contributed by atoms with van der Waals surface area (Å²) in [4.78, 5) is 11.6. The monoisotopic (exact) mass is 325 g/mol. The van der Waals surface area contributed by atoms with Gasteiger partial charge in [0.15, 0.2) is 5.11 Å². The highest BCUT2D eigenvalue weighted by Crippen LogP contribution is 2.10. The second-order valence-corrected chi connectivity index (χ2v) is 6.48. The molecule has 0 aliphatic rings. The van der Waals surface area contributed by atoms with Crippen molar-refractivity contribution in [3.63, 3.8) is 0 Å². The van der Waals surface area contributed by atoms with Crippen LogP contribution in [0.1, 0.15) is 25.8 Å². The summed E-state index contributed by atoms with van der Waals surface area (Å²) in [5.74, 6) is 1.77. The molecule has 1 aromatic rings. The smallest absolute Gasteiger partial charge is 0.248 e. The first-order chi connectivity index (χ1) is 10.1. The Balaban J connectivity index is 2.07. The Labute approximate surface area is 136 Å². The molecule has 0 aliphatic carbocycles. The van der Waals surface area contributed by atoms with Crippen molar-refractivity contribution in [2.75, 3.05) is 12.3 Å². The summed E-state index contributed by atoms with van der Waals surface area (Å²) >= 11 is 6.64. The van der Waals surface area contributed by atoms with Crippen molar-refractivity contribution in [2.24, 2.45) is 5.92 Å². The number of amides is 1. The number of carbonyl (C=O) groups excluding carboxylic acids is 1.